The minimum Gasteiger partial charge on any atom is -0.468 e. The van der Waals surface area contributed by atoms with Gasteiger partial charge in [0.05, 0.1) is 29.4 Å². The number of aliphatic imine (C=N–C) groups is 1. The first-order valence-electron chi connectivity index (χ1n) is 8.68. The largest absolute Gasteiger partial charge is 0.468 e. The molecule has 0 radical (unpaired) electrons. The number of fused-ring (bicyclic) bond motifs is 1. The molecule has 2 atom stereocenters. The molecule has 1 heterocycles. The Morgan fingerprint density at radius 1 is 1.10 bits per heavy atom. The molecule has 0 amide bonds. The van der Waals surface area contributed by atoms with E-state index < -0.39 is 40.7 Å². The summed E-state index contributed by atoms with van der Waals surface area (Å²) in [4.78, 5) is 26.2. The number of non-ortho nitro benzene ring substituents is 1. The van der Waals surface area contributed by atoms with Crippen LogP contribution in [0, 0.1) is 16.0 Å². The van der Waals surface area contributed by atoms with E-state index in [2.05, 4.69) is 15.0 Å². The Bertz CT molecular complexity index is 1040. The van der Waals surface area contributed by atoms with Gasteiger partial charge in [0.1, 0.15) is 11.6 Å². The summed E-state index contributed by atoms with van der Waals surface area (Å²) in [5.41, 5.74) is -2.18. The lowest BCUT2D eigenvalue weighted by Gasteiger charge is -2.30. The quantitative estimate of drug-likeness (QED) is 0.317. The Morgan fingerprint density at radius 3 is 2.26 bits per heavy atom. The van der Waals surface area contributed by atoms with Gasteiger partial charge in [0.2, 0.25) is 0 Å². The first-order valence-corrected chi connectivity index (χ1v) is 8.68. The summed E-state index contributed by atoms with van der Waals surface area (Å²) in [7, 11) is 0.844. The van der Waals surface area contributed by atoms with E-state index in [4.69, 9.17) is 0 Å². The zero-order valence-electron chi connectivity index (χ0n) is 15.7. The third kappa shape index (κ3) is 4.05. The molecule has 0 saturated carbocycles. The lowest BCUT2D eigenvalue weighted by molar-refractivity contribution is -0.384. The second-order valence-electron chi connectivity index (χ2n) is 6.56. The Labute approximate surface area is 171 Å². The summed E-state index contributed by atoms with van der Waals surface area (Å²) >= 11 is 0. The molecule has 1 N–H and O–H groups in total. The highest BCUT2D eigenvalue weighted by Crippen LogP contribution is 2.46. The summed E-state index contributed by atoms with van der Waals surface area (Å²) in [6.45, 7) is 0. The van der Waals surface area contributed by atoms with Gasteiger partial charge >= 0.3 is 18.1 Å². The lowest BCUT2D eigenvalue weighted by Crippen LogP contribution is -2.51. The second-order valence-corrected chi connectivity index (χ2v) is 6.56. The number of nitro groups is 1. The van der Waals surface area contributed by atoms with Crippen molar-refractivity contribution < 1.29 is 36.4 Å². The average molecular weight is 443 g/mol. The SMILES string of the molecule is COC(=O)C1C(C(F)(F)C(F)(F)F)=Nc2ccccc2NC1c1ccc([N+](=O)[O-])cc1. The molecule has 0 spiro atoms. The average Bonchev–Trinajstić information content (AvgIpc) is 2.90. The van der Waals surface area contributed by atoms with Gasteiger partial charge in [-0.3, -0.25) is 14.9 Å². The third-order valence-electron chi connectivity index (χ3n) is 4.68. The number of nitrogens with zero attached hydrogens (tertiary/aromatic N) is 2. The molecular formula is C19H14F5N3O4. The van der Waals surface area contributed by atoms with Gasteiger partial charge in [-0.2, -0.15) is 22.0 Å². The Morgan fingerprint density at radius 2 is 1.71 bits per heavy atom. The molecule has 0 saturated heterocycles. The molecule has 0 aliphatic carbocycles. The number of hydrogen-bond acceptors (Lipinski definition) is 6. The number of methoxy groups -OCH3 is 1. The van der Waals surface area contributed by atoms with Crippen LogP contribution in [0.1, 0.15) is 11.6 Å². The number of carbonyl (C=O) groups is 1. The molecule has 2 unspecified atom stereocenters. The summed E-state index contributed by atoms with van der Waals surface area (Å²) in [6, 6.07) is 8.39. The minimum absolute atomic E-state index is 0.0448. The monoisotopic (exact) mass is 443 g/mol. The molecule has 2 aromatic rings. The van der Waals surface area contributed by atoms with Crippen LogP contribution in [0.5, 0.6) is 0 Å². The van der Waals surface area contributed by atoms with E-state index in [9.17, 15) is 36.9 Å². The normalized spacial score (nSPS) is 18.8. The van der Waals surface area contributed by atoms with E-state index in [-0.39, 0.29) is 22.6 Å². The number of alkyl halides is 5. The van der Waals surface area contributed by atoms with Crippen molar-refractivity contribution in [1.82, 2.24) is 0 Å². The summed E-state index contributed by atoms with van der Waals surface area (Å²) in [5, 5.41) is 13.6. The molecule has 7 nitrogen and oxygen atoms in total. The number of nitro benzene ring substituents is 1. The van der Waals surface area contributed by atoms with Crippen molar-refractivity contribution in [2.75, 3.05) is 12.4 Å². The number of esters is 1. The Kier molecular flexibility index (Phi) is 5.66. The van der Waals surface area contributed by atoms with Crippen LogP contribution in [0.15, 0.2) is 53.5 Å². The number of para-hydroxylation sites is 2. The minimum atomic E-state index is -6.03. The number of nitrogens with one attached hydrogen (secondary N) is 1. The number of anilines is 1. The number of carbonyl (C=O) groups excluding carboxylic acids is 1. The van der Waals surface area contributed by atoms with E-state index in [1.807, 2.05) is 0 Å². The van der Waals surface area contributed by atoms with Crippen molar-refractivity contribution in [2.45, 2.75) is 18.1 Å². The smallest absolute Gasteiger partial charge is 0.459 e. The molecule has 1 aliphatic heterocycles. The van der Waals surface area contributed by atoms with Crippen molar-refractivity contribution in [2.24, 2.45) is 10.9 Å². The first kappa shape index (κ1) is 22.1. The molecule has 0 aromatic heterocycles. The van der Waals surface area contributed by atoms with Gasteiger partial charge < -0.3 is 10.1 Å². The van der Waals surface area contributed by atoms with Crippen LogP contribution in [0.4, 0.5) is 39.0 Å². The van der Waals surface area contributed by atoms with Crippen LogP contribution in [0.2, 0.25) is 0 Å². The highest BCUT2D eigenvalue weighted by atomic mass is 19.4. The van der Waals surface area contributed by atoms with E-state index in [0.717, 1.165) is 31.4 Å². The maximum Gasteiger partial charge on any atom is 0.459 e. The van der Waals surface area contributed by atoms with Crippen LogP contribution < -0.4 is 5.32 Å². The topological polar surface area (TPSA) is 93.8 Å². The molecule has 3 rings (SSSR count). The fourth-order valence-electron chi connectivity index (χ4n) is 3.17. The lowest BCUT2D eigenvalue weighted by atomic mass is 9.86. The Balaban J connectivity index is 2.26. The number of hydrogen-bond donors (Lipinski definition) is 1. The molecule has 2 aromatic carbocycles. The van der Waals surface area contributed by atoms with Gasteiger partial charge in [0.15, 0.2) is 0 Å². The molecule has 1 aliphatic rings. The highest BCUT2D eigenvalue weighted by Gasteiger charge is 2.65. The summed E-state index contributed by atoms with van der Waals surface area (Å²) in [6.07, 6.45) is -6.03. The number of benzene rings is 2. The van der Waals surface area contributed by atoms with Crippen LogP contribution in [0.25, 0.3) is 0 Å². The van der Waals surface area contributed by atoms with Crippen molar-refractivity contribution in [3.05, 3.63) is 64.2 Å². The van der Waals surface area contributed by atoms with Gasteiger partial charge in [-0.15, -0.1) is 0 Å². The fourth-order valence-corrected chi connectivity index (χ4v) is 3.17. The maximum atomic E-state index is 14.5. The van der Waals surface area contributed by atoms with Gasteiger partial charge in [-0.05, 0) is 17.7 Å². The number of halogens is 5. The van der Waals surface area contributed by atoms with Crippen LogP contribution in [-0.2, 0) is 9.53 Å². The molecule has 0 fully saturated rings. The molecule has 0 bridgehead atoms. The van der Waals surface area contributed by atoms with Crippen LogP contribution >= 0.6 is 0 Å². The number of ether oxygens (including phenoxy) is 1. The van der Waals surface area contributed by atoms with Gasteiger partial charge in [-0.1, -0.05) is 24.3 Å². The molecular weight excluding hydrogens is 429 g/mol. The molecule has 12 heteroatoms. The first-order chi connectivity index (χ1) is 14.5. The van der Waals surface area contributed by atoms with Crippen LogP contribution in [0.3, 0.4) is 0 Å². The van der Waals surface area contributed by atoms with Gasteiger partial charge in [0.25, 0.3) is 5.69 Å². The maximum absolute atomic E-state index is 14.5. The molecule has 164 valence electrons. The van der Waals surface area contributed by atoms with E-state index in [1.54, 1.807) is 0 Å². The zero-order valence-corrected chi connectivity index (χ0v) is 15.7. The van der Waals surface area contributed by atoms with Crippen molar-refractivity contribution in [1.29, 1.82) is 0 Å². The van der Waals surface area contributed by atoms with Crippen molar-refractivity contribution >= 4 is 28.7 Å². The van der Waals surface area contributed by atoms with E-state index in [1.165, 1.54) is 24.3 Å². The highest BCUT2D eigenvalue weighted by molar-refractivity contribution is 6.09. The standard InChI is InChI=1S/C19H14F5N3O4/c1-31-17(28)14-15(10-6-8-11(9-7-10)27(29)30)25-12-4-2-3-5-13(12)26-16(14)18(20,21)19(22,23)24/h2-9,14-15,25H,1H3. The molecule has 31 heavy (non-hydrogen) atoms. The van der Waals surface area contributed by atoms with E-state index >= 15 is 0 Å². The third-order valence-corrected chi connectivity index (χ3v) is 4.68. The zero-order chi connectivity index (χ0) is 23.0. The van der Waals surface area contributed by atoms with Gasteiger partial charge in [-0.25, -0.2) is 4.99 Å². The predicted molar refractivity (Wildman–Crippen MR) is 99.5 cm³/mol. The van der Waals surface area contributed by atoms with Crippen molar-refractivity contribution in [3.63, 3.8) is 0 Å². The van der Waals surface area contributed by atoms with Crippen LogP contribution in [-0.4, -0.2) is 35.8 Å². The van der Waals surface area contributed by atoms with E-state index in [0.29, 0.717) is 0 Å². The second kappa shape index (κ2) is 7.93. The Hall–Kier alpha value is -3.57. The predicted octanol–water partition coefficient (Wildman–Crippen LogP) is 4.82. The van der Waals surface area contributed by atoms with Gasteiger partial charge in [0, 0.05) is 12.1 Å². The van der Waals surface area contributed by atoms with Crippen molar-refractivity contribution in [3.8, 4) is 0 Å². The fraction of sp³-hybridized carbons (Fsp3) is 0.263. The number of rotatable bonds is 4. The summed E-state index contributed by atoms with van der Waals surface area (Å²) < 4.78 is 73.3. The summed E-state index contributed by atoms with van der Waals surface area (Å²) in [5.74, 6) is -9.02.